The maximum absolute atomic E-state index is 5.34. The number of guanidine groups is 1. The van der Waals surface area contributed by atoms with Gasteiger partial charge in [0.05, 0.1) is 14.2 Å². The molecule has 7 heteroatoms. The molecule has 1 saturated heterocycles. The molecular weight excluding hydrogens is 443 g/mol. The lowest BCUT2D eigenvalue weighted by molar-refractivity contribution is 0.182. The van der Waals surface area contributed by atoms with Crippen molar-refractivity contribution in [2.45, 2.75) is 26.2 Å². The highest BCUT2D eigenvalue weighted by molar-refractivity contribution is 14.0. The molecule has 0 spiro atoms. The van der Waals surface area contributed by atoms with E-state index in [9.17, 15) is 0 Å². The zero-order chi connectivity index (χ0) is 18.1. The van der Waals surface area contributed by atoms with Gasteiger partial charge >= 0.3 is 0 Å². The fourth-order valence-corrected chi connectivity index (χ4v) is 3.23. The maximum Gasteiger partial charge on any atom is 0.195 e. The lowest BCUT2D eigenvalue weighted by Crippen LogP contribution is -2.37. The minimum Gasteiger partial charge on any atom is -0.493 e. The largest absolute Gasteiger partial charge is 0.493 e. The van der Waals surface area contributed by atoms with Gasteiger partial charge in [0.15, 0.2) is 17.5 Å². The van der Waals surface area contributed by atoms with E-state index in [0.717, 1.165) is 37.1 Å². The molecule has 1 fully saturated rings. The van der Waals surface area contributed by atoms with Gasteiger partial charge in [0.1, 0.15) is 0 Å². The summed E-state index contributed by atoms with van der Waals surface area (Å²) in [4.78, 5) is 6.86. The molecule has 0 aromatic heterocycles. The van der Waals surface area contributed by atoms with Crippen LogP contribution in [-0.4, -0.2) is 58.3 Å². The summed E-state index contributed by atoms with van der Waals surface area (Å²) >= 11 is 0. The second-order valence-corrected chi connectivity index (χ2v) is 6.60. The van der Waals surface area contributed by atoms with Crippen LogP contribution in [0.4, 0.5) is 5.69 Å². The number of halogens is 1. The lowest BCUT2D eigenvalue weighted by Gasteiger charge is -2.30. The van der Waals surface area contributed by atoms with E-state index >= 15 is 0 Å². The molecule has 2 rings (SSSR count). The van der Waals surface area contributed by atoms with Gasteiger partial charge in [-0.25, -0.2) is 0 Å². The fraction of sp³-hybridized carbons (Fsp3) is 0.632. The monoisotopic (exact) mass is 476 g/mol. The van der Waals surface area contributed by atoms with Gasteiger partial charge < -0.3 is 25.0 Å². The van der Waals surface area contributed by atoms with Crippen molar-refractivity contribution < 1.29 is 9.47 Å². The van der Waals surface area contributed by atoms with Crippen molar-refractivity contribution in [2.24, 2.45) is 10.9 Å². The van der Waals surface area contributed by atoms with Gasteiger partial charge in [-0.3, -0.25) is 4.99 Å². The van der Waals surface area contributed by atoms with Crippen LogP contribution in [0.1, 0.15) is 26.2 Å². The highest BCUT2D eigenvalue weighted by Crippen LogP contribution is 2.29. The lowest BCUT2D eigenvalue weighted by atomic mass is 10.0. The van der Waals surface area contributed by atoms with E-state index in [1.807, 2.05) is 18.2 Å². The highest BCUT2D eigenvalue weighted by atomic mass is 127. The quantitative estimate of drug-likeness (QED) is 0.273. The Labute approximate surface area is 174 Å². The van der Waals surface area contributed by atoms with Crippen LogP contribution >= 0.6 is 24.0 Å². The third-order valence-corrected chi connectivity index (χ3v) is 4.55. The molecule has 0 bridgehead atoms. The molecule has 0 aliphatic carbocycles. The van der Waals surface area contributed by atoms with E-state index in [4.69, 9.17) is 9.47 Å². The molecule has 0 amide bonds. The molecular formula is C19H33IN4O2. The van der Waals surface area contributed by atoms with Crippen molar-refractivity contribution in [3.63, 3.8) is 0 Å². The molecule has 148 valence electrons. The zero-order valence-corrected chi connectivity index (χ0v) is 18.7. The van der Waals surface area contributed by atoms with Crippen molar-refractivity contribution in [1.29, 1.82) is 0 Å². The molecule has 1 heterocycles. The minimum atomic E-state index is 0. The Balaban J connectivity index is 0.00000338. The third-order valence-electron chi connectivity index (χ3n) is 4.55. The molecule has 1 aromatic rings. The Morgan fingerprint density at radius 3 is 2.69 bits per heavy atom. The minimum absolute atomic E-state index is 0. The first kappa shape index (κ1) is 22.8. The topological polar surface area (TPSA) is 58.1 Å². The molecule has 1 aliphatic rings. The molecule has 1 aromatic carbocycles. The number of hydrogen-bond donors (Lipinski definition) is 2. The van der Waals surface area contributed by atoms with E-state index in [1.54, 1.807) is 21.3 Å². The first-order chi connectivity index (χ1) is 12.2. The summed E-state index contributed by atoms with van der Waals surface area (Å²) in [6.45, 7) is 6.86. The van der Waals surface area contributed by atoms with E-state index < -0.39 is 0 Å². The second-order valence-electron chi connectivity index (χ2n) is 6.60. The van der Waals surface area contributed by atoms with Crippen LogP contribution < -0.4 is 20.1 Å². The summed E-state index contributed by atoms with van der Waals surface area (Å²) in [5.41, 5.74) is 0.913. The first-order valence-electron chi connectivity index (χ1n) is 9.08. The summed E-state index contributed by atoms with van der Waals surface area (Å²) < 4.78 is 10.6. The number of methoxy groups -OCH3 is 2. The Hall–Kier alpha value is -1.22. The van der Waals surface area contributed by atoms with Crippen LogP contribution in [0.25, 0.3) is 0 Å². The number of anilines is 1. The zero-order valence-electron chi connectivity index (χ0n) is 16.4. The molecule has 1 atom stereocenters. The molecule has 6 nitrogen and oxygen atoms in total. The number of rotatable bonds is 7. The normalized spacial score (nSPS) is 18.0. The SMILES string of the molecule is CN=C(NCCCN1CCCC(C)C1)Nc1ccc(OC)c(OC)c1.I. The van der Waals surface area contributed by atoms with Crippen molar-refractivity contribution in [3.05, 3.63) is 18.2 Å². The van der Waals surface area contributed by atoms with Crippen LogP contribution in [0.2, 0.25) is 0 Å². The summed E-state index contributed by atoms with van der Waals surface area (Å²) in [6, 6.07) is 5.73. The molecule has 0 radical (unpaired) electrons. The first-order valence-corrected chi connectivity index (χ1v) is 9.08. The number of ether oxygens (including phenoxy) is 2. The van der Waals surface area contributed by atoms with E-state index in [2.05, 4.69) is 27.4 Å². The van der Waals surface area contributed by atoms with Crippen LogP contribution in [-0.2, 0) is 0 Å². The van der Waals surface area contributed by atoms with Gasteiger partial charge in [0, 0.05) is 31.9 Å². The van der Waals surface area contributed by atoms with Crippen molar-refractivity contribution in [1.82, 2.24) is 10.2 Å². The number of aliphatic imine (C=N–C) groups is 1. The van der Waals surface area contributed by atoms with Gasteiger partial charge in [-0.15, -0.1) is 24.0 Å². The van der Waals surface area contributed by atoms with Crippen LogP contribution in [0.3, 0.4) is 0 Å². The van der Waals surface area contributed by atoms with Crippen molar-refractivity contribution in [2.75, 3.05) is 52.8 Å². The predicted octanol–water partition coefficient (Wildman–Crippen LogP) is 3.43. The van der Waals surface area contributed by atoms with Gasteiger partial charge in [-0.1, -0.05) is 6.92 Å². The number of nitrogens with zero attached hydrogens (tertiary/aromatic N) is 2. The van der Waals surface area contributed by atoms with E-state index in [-0.39, 0.29) is 24.0 Å². The number of piperidine rings is 1. The van der Waals surface area contributed by atoms with E-state index in [0.29, 0.717) is 11.5 Å². The number of likely N-dealkylation sites (tertiary alicyclic amines) is 1. The number of hydrogen-bond acceptors (Lipinski definition) is 4. The van der Waals surface area contributed by atoms with E-state index in [1.165, 1.54) is 25.9 Å². The molecule has 0 saturated carbocycles. The molecule has 1 unspecified atom stereocenters. The second kappa shape index (κ2) is 12.2. The Bertz CT molecular complexity index is 568. The Kier molecular flexibility index (Phi) is 10.7. The molecule has 26 heavy (non-hydrogen) atoms. The third kappa shape index (κ3) is 7.19. The average molecular weight is 476 g/mol. The number of nitrogens with one attached hydrogen (secondary N) is 2. The fourth-order valence-electron chi connectivity index (χ4n) is 3.23. The van der Waals surface area contributed by atoms with Crippen molar-refractivity contribution in [3.8, 4) is 11.5 Å². The van der Waals surface area contributed by atoms with Crippen molar-refractivity contribution >= 4 is 35.6 Å². The van der Waals surface area contributed by atoms with Gasteiger partial charge in [0.25, 0.3) is 0 Å². The summed E-state index contributed by atoms with van der Waals surface area (Å²) in [6.07, 6.45) is 3.81. The summed E-state index contributed by atoms with van der Waals surface area (Å²) in [5.74, 6) is 3.01. The smallest absolute Gasteiger partial charge is 0.195 e. The number of benzene rings is 1. The summed E-state index contributed by atoms with van der Waals surface area (Å²) in [5, 5.41) is 6.66. The van der Waals surface area contributed by atoms with Crippen LogP contribution in [0, 0.1) is 5.92 Å². The molecule has 2 N–H and O–H groups in total. The Morgan fingerprint density at radius 1 is 1.27 bits per heavy atom. The maximum atomic E-state index is 5.34. The molecule has 1 aliphatic heterocycles. The summed E-state index contributed by atoms with van der Waals surface area (Å²) in [7, 11) is 5.05. The predicted molar refractivity (Wildman–Crippen MR) is 119 cm³/mol. The highest BCUT2D eigenvalue weighted by Gasteiger charge is 2.15. The Morgan fingerprint density at radius 2 is 2.04 bits per heavy atom. The van der Waals surface area contributed by atoms with Gasteiger partial charge in [-0.2, -0.15) is 0 Å². The standard InChI is InChI=1S/C19H32N4O2.HI/c1-15-7-5-11-23(14-15)12-6-10-21-19(20-2)22-16-8-9-17(24-3)18(13-16)25-4;/h8-9,13,15H,5-7,10-12,14H2,1-4H3,(H2,20,21,22);1H. The average Bonchev–Trinajstić information content (AvgIpc) is 2.64. The van der Waals surface area contributed by atoms with Crippen LogP contribution in [0.15, 0.2) is 23.2 Å². The van der Waals surface area contributed by atoms with Gasteiger partial charge in [-0.05, 0) is 50.4 Å². The van der Waals surface area contributed by atoms with Crippen LogP contribution in [0.5, 0.6) is 11.5 Å². The van der Waals surface area contributed by atoms with Gasteiger partial charge in [0.2, 0.25) is 0 Å².